The highest BCUT2D eigenvalue weighted by Crippen LogP contribution is 2.27. The topological polar surface area (TPSA) is 101 Å². The molecule has 9 heteroatoms. The molecule has 0 saturated carbocycles. The smallest absolute Gasteiger partial charge is 0.274 e. The second-order valence-electron chi connectivity index (χ2n) is 6.17. The molecule has 1 aliphatic rings. The number of nitrogens with zero attached hydrogens (tertiary/aromatic N) is 4. The van der Waals surface area contributed by atoms with Crippen molar-refractivity contribution in [3.8, 4) is 0 Å². The van der Waals surface area contributed by atoms with Gasteiger partial charge < -0.3 is 10.2 Å². The number of rotatable bonds is 4. The van der Waals surface area contributed by atoms with E-state index in [0.717, 1.165) is 5.82 Å². The molecule has 136 valence electrons. The lowest BCUT2D eigenvalue weighted by atomic mass is 9.95. The predicted molar refractivity (Wildman–Crippen MR) is 98.4 cm³/mol. The normalized spacial score (nSPS) is 14.9. The Labute approximate surface area is 155 Å². The minimum absolute atomic E-state index is 0.000989. The summed E-state index contributed by atoms with van der Waals surface area (Å²) in [6.45, 7) is 3.00. The lowest BCUT2D eigenvalue weighted by Gasteiger charge is -2.31. The highest BCUT2D eigenvalue weighted by molar-refractivity contribution is 6.29. The number of nitro groups is 1. The first kappa shape index (κ1) is 18.1. The van der Waals surface area contributed by atoms with Gasteiger partial charge in [-0.1, -0.05) is 17.7 Å². The summed E-state index contributed by atoms with van der Waals surface area (Å²) in [6.07, 6.45) is 1.34. The van der Waals surface area contributed by atoms with Gasteiger partial charge in [-0.3, -0.25) is 14.9 Å². The zero-order valence-electron chi connectivity index (χ0n) is 14.2. The van der Waals surface area contributed by atoms with E-state index in [2.05, 4.69) is 20.4 Å². The third kappa shape index (κ3) is 3.91. The van der Waals surface area contributed by atoms with Gasteiger partial charge in [-0.05, 0) is 38.0 Å². The number of halogens is 1. The van der Waals surface area contributed by atoms with Crippen LogP contribution < -0.4 is 10.2 Å². The quantitative estimate of drug-likeness (QED) is 0.650. The van der Waals surface area contributed by atoms with Crippen molar-refractivity contribution in [2.75, 3.05) is 23.3 Å². The first-order valence-electron chi connectivity index (χ1n) is 8.25. The maximum atomic E-state index is 12.5. The van der Waals surface area contributed by atoms with E-state index >= 15 is 0 Å². The van der Waals surface area contributed by atoms with Crippen LogP contribution in [0.4, 0.5) is 17.2 Å². The van der Waals surface area contributed by atoms with Crippen LogP contribution in [-0.2, 0) is 4.79 Å². The van der Waals surface area contributed by atoms with Gasteiger partial charge in [0.25, 0.3) is 5.69 Å². The number of hydrogen-bond donors (Lipinski definition) is 1. The van der Waals surface area contributed by atoms with E-state index in [1.165, 1.54) is 6.07 Å². The Kier molecular flexibility index (Phi) is 5.32. The maximum absolute atomic E-state index is 12.5. The number of aromatic nitrogens is 2. The van der Waals surface area contributed by atoms with Crippen molar-refractivity contribution in [1.29, 1.82) is 0 Å². The summed E-state index contributed by atoms with van der Waals surface area (Å²) in [5.74, 6) is 0.475. The number of benzene rings is 1. The Balaban J connectivity index is 1.61. The molecule has 1 aromatic heterocycles. The van der Waals surface area contributed by atoms with Crippen LogP contribution in [0.25, 0.3) is 0 Å². The molecule has 26 heavy (non-hydrogen) atoms. The van der Waals surface area contributed by atoms with Crippen LogP contribution in [0.2, 0.25) is 5.15 Å². The van der Waals surface area contributed by atoms with Gasteiger partial charge in [0.1, 0.15) is 0 Å². The first-order valence-corrected chi connectivity index (χ1v) is 8.62. The second kappa shape index (κ2) is 7.65. The molecule has 8 nitrogen and oxygen atoms in total. The SMILES string of the molecule is Cc1c(NC(=O)C2CCN(c3ccc(Cl)nn3)CC2)cccc1[N+](=O)[O-]. The average Bonchev–Trinajstić information content (AvgIpc) is 2.64. The number of carbonyl (C=O) groups is 1. The van der Waals surface area contributed by atoms with E-state index in [0.29, 0.717) is 42.3 Å². The summed E-state index contributed by atoms with van der Waals surface area (Å²) < 4.78 is 0. The van der Waals surface area contributed by atoms with Gasteiger partial charge in [-0.2, -0.15) is 0 Å². The molecule has 3 rings (SSSR count). The second-order valence-corrected chi connectivity index (χ2v) is 6.56. The van der Waals surface area contributed by atoms with Crippen LogP contribution >= 0.6 is 11.6 Å². The summed E-state index contributed by atoms with van der Waals surface area (Å²) in [6, 6.07) is 8.17. The number of piperidine rings is 1. The zero-order valence-corrected chi connectivity index (χ0v) is 14.9. The van der Waals surface area contributed by atoms with Crippen LogP contribution in [0.1, 0.15) is 18.4 Å². The minimum atomic E-state index is -0.448. The van der Waals surface area contributed by atoms with Crippen molar-refractivity contribution in [2.45, 2.75) is 19.8 Å². The fourth-order valence-corrected chi connectivity index (χ4v) is 3.14. The van der Waals surface area contributed by atoms with Crippen molar-refractivity contribution in [2.24, 2.45) is 5.92 Å². The van der Waals surface area contributed by atoms with E-state index in [9.17, 15) is 14.9 Å². The van der Waals surface area contributed by atoms with E-state index in [4.69, 9.17) is 11.6 Å². The van der Waals surface area contributed by atoms with Gasteiger partial charge in [0.15, 0.2) is 11.0 Å². The van der Waals surface area contributed by atoms with Crippen LogP contribution in [0, 0.1) is 23.0 Å². The molecule has 0 atom stereocenters. The summed E-state index contributed by atoms with van der Waals surface area (Å²) in [7, 11) is 0. The van der Waals surface area contributed by atoms with Crippen molar-refractivity contribution >= 4 is 34.7 Å². The summed E-state index contributed by atoms with van der Waals surface area (Å²) in [5.41, 5.74) is 0.939. The van der Waals surface area contributed by atoms with E-state index < -0.39 is 4.92 Å². The number of amides is 1. The van der Waals surface area contributed by atoms with Gasteiger partial charge in [-0.15, -0.1) is 10.2 Å². The number of nitro benzene ring substituents is 1. The maximum Gasteiger partial charge on any atom is 0.274 e. The molecule has 1 fully saturated rings. The number of hydrogen-bond acceptors (Lipinski definition) is 6. The first-order chi connectivity index (χ1) is 12.5. The van der Waals surface area contributed by atoms with E-state index in [1.54, 1.807) is 25.1 Å². The van der Waals surface area contributed by atoms with Gasteiger partial charge in [0.05, 0.1) is 16.2 Å². The molecular weight excluding hydrogens is 358 g/mol. The molecule has 1 N–H and O–H groups in total. The van der Waals surface area contributed by atoms with Crippen molar-refractivity contribution in [3.05, 3.63) is 51.2 Å². The monoisotopic (exact) mass is 375 g/mol. The molecule has 1 amide bonds. The Bertz CT molecular complexity index is 820. The third-order valence-electron chi connectivity index (χ3n) is 4.57. The molecule has 0 unspecified atom stereocenters. The van der Waals surface area contributed by atoms with E-state index in [-0.39, 0.29) is 17.5 Å². The number of nitrogens with one attached hydrogen (secondary N) is 1. The van der Waals surface area contributed by atoms with Crippen LogP contribution in [0.3, 0.4) is 0 Å². The van der Waals surface area contributed by atoms with Crippen molar-refractivity contribution in [1.82, 2.24) is 10.2 Å². The fourth-order valence-electron chi connectivity index (χ4n) is 3.04. The average molecular weight is 376 g/mol. The molecule has 2 heterocycles. The standard InChI is InChI=1S/C17H18ClN5O3/c1-11-13(3-2-4-14(11)23(25)26)19-17(24)12-7-9-22(10-8-12)16-6-5-15(18)20-21-16/h2-6,12H,7-10H2,1H3,(H,19,24). The molecule has 0 spiro atoms. The summed E-state index contributed by atoms with van der Waals surface area (Å²) in [4.78, 5) is 25.2. The molecule has 1 saturated heterocycles. The van der Waals surface area contributed by atoms with E-state index in [1.807, 2.05) is 6.07 Å². The number of carbonyl (C=O) groups excluding carboxylic acids is 1. The Hall–Kier alpha value is -2.74. The summed E-state index contributed by atoms with van der Waals surface area (Å²) in [5, 5.41) is 22.1. The molecule has 0 aliphatic carbocycles. The third-order valence-corrected chi connectivity index (χ3v) is 4.77. The predicted octanol–water partition coefficient (Wildman–Crippen LogP) is 3.20. The Morgan fingerprint density at radius 3 is 2.62 bits per heavy atom. The Morgan fingerprint density at radius 2 is 2.00 bits per heavy atom. The highest BCUT2D eigenvalue weighted by atomic mass is 35.5. The Morgan fingerprint density at radius 1 is 1.27 bits per heavy atom. The molecule has 2 aromatic rings. The molecule has 0 radical (unpaired) electrons. The van der Waals surface area contributed by atoms with Gasteiger partial charge in [0, 0.05) is 25.1 Å². The molecule has 1 aliphatic heterocycles. The molecule has 0 bridgehead atoms. The fraction of sp³-hybridized carbons (Fsp3) is 0.353. The molecule has 1 aromatic carbocycles. The van der Waals surface area contributed by atoms with Crippen molar-refractivity contribution < 1.29 is 9.72 Å². The molecular formula is C17H18ClN5O3. The largest absolute Gasteiger partial charge is 0.355 e. The van der Waals surface area contributed by atoms with Crippen LogP contribution in [-0.4, -0.2) is 34.1 Å². The van der Waals surface area contributed by atoms with Gasteiger partial charge >= 0.3 is 0 Å². The highest BCUT2D eigenvalue weighted by Gasteiger charge is 2.26. The zero-order chi connectivity index (χ0) is 18.7. The van der Waals surface area contributed by atoms with Crippen LogP contribution in [0.5, 0.6) is 0 Å². The summed E-state index contributed by atoms with van der Waals surface area (Å²) >= 11 is 5.75. The number of anilines is 2. The van der Waals surface area contributed by atoms with Crippen LogP contribution in [0.15, 0.2) is 30.3 Å². The minimum Gasteiger partial charge on any atom is -0.355 e. The van der Waals surface area contributed by atoms with Gasteiger partial charge in [0.2, 0.25) is 5.91 Å². The van der Waals surface area contributed by atoms with Crippen molar-refractivity contribution in [3.63, 3.8) is 0 Å². The lowest BCUT2D eigenvalue weighted by molar-refractivity contribution is -0.385. The lowest BCUT2D eigenvalue weighted by Crippen LogP contribution is -2.38. The van der Waals surface area contributed by atoms with Gasteiger partial charge in [-0.25, -0.2) is 0 Å².